The zero-order valence-corrected chi connectivity index (χ0v) is 11.1. The van der Waals surface area contributed by atoms with Crippen molar-refractivity contribution < 1.29 is 0 Å². The number of imidazole rings is 1. The number of aromatic nitrogens is 2. The highest BCUT2D eigenvalue weighted by molar-refractivity contribution is 5.09. The summed E-state index contributed by atoms with van der Waals surface area (Å²) in [4.78, 5) is 7.06. The molecule has 92 valence electrons. The molecule has 0 radical (unpaired) electrons. The minimum Gasteiger partial charge on any atom is -0.338 e. The molecule has 1 heterocycles. The molecule has 0 aromatic carbocycles. The van der Waals surface area contributed by atoms with Gasteiger partial charge in [0.2, 0.25) is 0 Å². The number of nitrogens with zero attached hydrogens (tertiary/aromatic N) is 3. The van der Waals surface area contributed by atoms with Gasteiger partial charge in [-0.1, -0.05) is 13.8 Å². The zero-order valence-electron chi connectivity index (χ0n) is 11.1. The molecule has 1 N–H and O–H groups in total. The number of nitrogens with one attached hydrogen (secondary N) is 1. The second kappa shape index (κ2) is 6.01. The first-order valence-corrected chi connectivity index (χ1v) is 6.02. The summed E-state index contributed by atoms with van der Waals surface area (Å²) < 4.78 is 2.08. The maximum atomic E-state index is 4.63. The van der Waals surface area contributed by atoms with Gasteiger partial charge >= 0.3 is 0 Å². The van der Waals surface area contributed by atoms with Gasteiger partial charge < -0.3 is 9.88 Å². The summed E-state index contributed by atoms with van der Waals surface area (Å²) in [5, 5.41) is 3.25. The number of hydrogen-bond donors (Lipinski definition) is 1. The maximum Gasteiger partial charge on any atom is 0.105 e. The Hall–Kier alpha value is -0.870. The first-order chi connectivity index (χ1) is 7.63. The van der Waals surface area contributed by atoms with Gasteiger partial charge in [-0.05, 0) is 27.1 Å². The highest BCUT2D eigenvalue weighted by Gasteiger charge is 2.19. The van der Waals surface area contributed by atoms with Crippen LogP contribution in [-0.2, 0) is 7.05 Å². The number of rotatable bonds is 6. The molecular weight excluding hydrogens is 200 g/mol. The monoisotopic (exact) mass is 224 g/mol. The van der Waals surface area contributed by atoms with Crippen LogP contribution in [0.1, 0.15) is 31.4 Å². The van der Waals surface area contributed by atoms with E-state index in [1.807, 2.05) is 21.0 Å². The van der Waals surface area contributed by atoms with Gasteiger partial charge in [-0.25, -0.2) is 4.98 Å². The average Bonchev–Trinajstić information content (AvgIpc) is 2.59. The lowest BCUT2D eigenvalue weighted by Crippen LogP contribution is -2.35. The molecule has 0 saturated heterocycles. The molecule has 0 aliphatic carbocycles. The largest absolute Gasteiger partial charge is 0.338 e. The van der Waals surface area contributed by atoms with Crippen LogP contribution >= 0.6 is 0 Å². The van der Waals surface area contributed by atoms with Crippen LogP contribution in [-0.4, -0.2) is 41.1 Å². The second-order valence-corrected chi connectivity index (χ2v) is 4.12. The SMILES string of the molecule is CCN(CC)C(CNC)c1cn(C)c(C)n1. The summed E-state index contributed by atoms with van der Waals surface area (Å²) in [5.74, 6) is 1.07. The van der Waals surface area contributed by atoms with Crippen LogP contribution in [0.2, 0.25) is 0 Å². The summed E-state index contributed by atoms with van der Waals surface area (Å²) >= 11 is 0. The van der Waals surface area contributed by atoms with Gasteiger partial charge in [0.05, 0.1) is 11.7 Å². The van der Waals surface area contributed by atoms with E-state index in [1.54, 1.807) is 0 Å². The third-order valence-electron chi connectivity index (χ3n) is 3.12. The van der Waals surface area contributed by atoms with Crippen molar-refractivity contribution in [2.24, 2.45) is 7.05 Å². The van der Waals surface area contributed by atoms with Gasteiger partial charge in [0.25, 0.3) is 0 Å². The van der Waals surface area contributed by atoms with Crippen molar-refractivity contribution in [1.29, 1.82) is 0 Å². The van der Waals surface area contributed by atoms with E-state index in [9.17, 15) is 0 Å². The molecule has 1 rings (SSSR count). The lowest BCUT2D eigenvalue weighted by atomic mass is 10.2. The van der Waals surface area contributed by atoms with Gasteiger partial charge in [0, 0.05) is 19.8 Å². The van der Waals surface area contributed by atoms with Crippen LogP contribution in [0.25, 0.3) is 0 Å². The average molecular weight is 224 g/mol. The lowest BCUT2D eigenvalue weighted by molar-refractivity contribution is 0.212. The topological polar surface area (TPSA) is 33.1 Å². The van der Waals surface area contributed by atoms with Crippen LogP contribution in [0, 0.1) is 6.92 Å². The Balaban J connectivity index is 2.91. The van der Waals surface area contributed by atoms with Gasteiger partial charge in [-0.15, -0.1) is 0 Å². The van der Waals surface area contributed by atoms with E-state index in [1.165, 1.54) is 0 Å². The fraction of sp³-hybridized carbons (Fsp3) is 0.750. The zero-order chi connectivity index (χ0) is 12.1. The van der Waals surface area contributed by atoms with Crippen LogP contribution in [0.5, 0.6) is 0 Å². The maximum absolute atomic E-state index is 4.63. The number of likely N-dealkylation sites (N-methyl/N-ethyl adjacent to an activating group) is 2. The minimum absolute atomic E-state index is 0.375. The van der Waals surface area contributed by atoms with E-state index in [0.29, 0.717) is 6.04 Å². The molecule has 4 heteroatoms. The van der Waals surface area contributed by atoms with E-state index in [-0.39, 0.29) is 0 Å². The van der Waals surface area contributed by atoms with Gasteiger partial charge in [-0.3, -0.25) is 4.90 Å². The van der Waals surface area contributed by atoms with E-state index in [4.69, 9.17) is 0 Å². The van der Waals surface area contributed by atoms with Crippen LogP contribution < -0.4 is 5.32 Å². The standard InChI is InChI=1S/C12H24N4/c1-6-16(7-2)12(8-13-4)11-9-15(5)10(3)14-11/h9,12-13H,6-8H2,1-5H3. The molecule has 0 amide bonds. The predicted molar refractivity (Wildman–Crippen MR) is 67.5 cm³/mol. The van der Waals surface area contributed by atoms with Crippen LogP contribution in [0.3, 0.4) is 0 Å². The highest BCUT2D eigenvalue weighted by Crippen LogP contribution is 2.18. The van der Waals surface area contributed by atoms with Crippen molar-refractivity contribution in [3.8, 4) is 0 Å². The van der Waals surface area contributed by atoms with Gasteiger partial charge in [0.15, 0.2) is 0 Å². The van der Waals surface area contributed by atoms with Crippen LogP contribution in [0.4, 0.5) is 0 Å². The molecule has 0 aliphatic rings. The molecular formula is C12H24N4. The first-order valence-electron chi connectivity index (χ1n) is 6.02. The molecule has 0 fully saturated rings. The van der Waals surface area contributed by atoms with E-state index < -0.39 is 0 Å². The van der Waals surface area contributed by atoms with Crippen molar-refractivity contribution in [1.82, 2.24) is 19.8 Å². The second-order valence-electron chi connectivity index (χ2n) is 4.12. The van der Waals surface area contributed by atoms with E-state index in [0.717, 1.165) is 31.2 Å². The first kappa shape index (κ1) is 13.2. The fourth-order valence-electron chi connectivity index (χ4n) is 2.03. The Kier molecular flexibility index (Phi) is 4.96. The van der Waals surface area contributed by atoms with Crippen molar-refractivity contribution >= 4 is 0 Å². The lowest BCUT2D eigenvalue weighted by Gasteiger charge is -2.28. The Morgan fingerprint density at radius 3 is 2.44 bits per heavy atom. The fourth-order valence-corrected chi connectivity index (χ4v) is 2.03. The summed E-state index contributed by atoms with van der Waals surface area (Å²) in [6.07, 6.45) is 2.13. The molecule has 1 unspecified atom stereocenters. The molecule has 0 saturated carbocycles. The third kappa shape index (κ3) is 2.83. The molecule has 4 nitrogen and oxygen atoms in total. The normalized spacial score (nSPS) is 13.4. The van der Waals surface area contributed by atoms with Gasteiger partial charge in [0.1, 0.15) is 5.82 Å². The molecule has 0 bridgehead atoms. The van der Waals surface area contributed by atoms with E-state index >= 15 is 0 Å². The number of hydrogen-bond acceptors (Lipinski definition) is 3. The molecule has 1 aromatic heterocycles. The Morgan fingerprint density at radius 1 is 1.44 bits per heavy atom. The minimum atomic E-state index is 0.375. The van der Waals surface area contributed by atoms with Crippen molar-refractivity contribution in [2.75, 3.05) is 26.7 Å². The van der Waals surface area contributed by atoms with Gasteiger partial charge in [-0.2, -0.15) is 0 Å². The molecule has 0 aliphatic heterocycles. The van der Waals surface area contributed by atoms with Crippen molar-refractivity contribution in [3.63, 3.8) is 0 Å². The molecule has 1 atom stereocenters. The molecule has 1 aromatic rings. The van der Waals surface area contributed by atoms with Crippen molar-refractivity contribution in [2.45, 2.75) is 26.8 Å². The third-order valence-corrected chi connectivity index (χ3v) is 3.12. The number of aryl methyl sites for hydroxylation is 2. The highest BCUT2D eigenvalue weighted by atomic mass is 15.2. The summed E-state index contributed by atoms with van der Waals surface area (Å²) in [6, 6.07) is 0.375. The van der Waals surface area contributed by atoms with Crippen molar-refractivity contribution in [3.05, 3.63) is 17.7 Å². The summed E-state index contributed by atoms with van der Waals surface area (Å²) in [5.41, 5.74) is 1.16. The Labute approximate surface area is 98.7 Å². The Bertz CT molecular complexity index is 295. The quantitative estimate of drug-likeness (QED) is 0.791. The predicted octanol–water partition coefficient (Wildman–Crippen LogP) is 1.33. The summed E-state index contributed by atoms with van der Waals surface area (Å²) in [7, 11) is 4.04. The smallest absolute Gasteiger partial charge is 0.105 e. The summed E-state index contributed by atoms with van der Waals surface area (Å²) in [6.45, 7) is 9.49. The Morgan fingerprint density at radius 2 is 2.06 bits per heavy atom. The molecule has 16 heavy (non-hydrogen) atoms. The molecule has 0 spiro atoms. The van der Waals surface area contributed by atoms with E-state index in [2.05, 4.69) is 39.8 Å². The van der Waals surface area contributed by atoms with Crippen LogP contribution in [0.15, 0.2) is 6.20 Å².